The maximum atomic E-state index is 3.72. The van der Waals surface area contributed by atoms with Gasteiger partial charge in [0.1, 0.15) is 0 Å². The van der Waals surface area contributed by atoms with E-state index in [0.29, 0.717) is 0 Å². The van der Waals surface area contributed by atoms with E-state index in [-0.39, 0.29) is 0 Å². The Kier molecular flexibility index (Phi) is 6.57. The zero-order valence-corrected chi connectivity index (χ0v) is 14.5. The first kappa shape index (κ1) is 16.0. The average molecular weight is 338 g/mol. The van der Waals surface area contributed by atoms with Crippen molar-refractivity contribution in [2.45, 2.75) is 58.4 Å². The van der Waals surface area contributed by atoms with Gasteiger partial charge in [0.05, 0.1) is 0 Å². The summed E-state index contributed by atoms with van der Waals surface area (Å²) in [5, 5.41) is 3.72. The molecule has 112 valence electrons. The maximum absolute atomic E-state index is 3.72. The van der Waals surface area contributed by atoms with Crippen LogP contribution in [0, 0.1) is 11.8 Å². The van der Waals surface area contributed by atoms with Gasteiger partial charge in [-0.1, -0.05) is 54.8 Å². The lowest BCUT2D eigenvalue weighted by molar-refractivity contribution is 0.195. The molecule has 1 saturated carbocycles. The first-order valence-electron chi connectivity index (χ1n) is 8.20. The van der Waals surface area contributed by atoms with Crippen LogP contribution in [-0.4, -0.2) is 12.6 Å². The minimum Gasteiger partial charge on any atom is -0.314 e. The van der Waals surface area contributed by atoms with Gasteiger partial charge in [0.25, 0.3) is 0 Å². The molecule has 1 aromatic carbocycles. The van der Waals surface area contributed by atoms with Crippen molar-refractivity contribution in [1.29, 1.82) is 0 Å². The normalized spacial score (nSPS) is 26.6. The summed E-state index contributed by atoms with van der Waals surface area (Å²) in [6.45, 7) is 5.65. The second-order valence-electron chi connectivity index (χ2n) is 6.22. The second-order valence-corrected chi connectivity index (χ2v) is 7.14. The highest BCUT2D eigenvalue weighted by Crippen LogP contribution is 2.34. The third kappa shape index (κ3) is 4.60. The van der Waals surface area contributed by atoms with Gasteiger partial charge >= 0.3 is 0 Å². The lowest BCUT2D eigenvalue weighted by Crippen LogP contribution is -2.41. The highest BCUT2D eigenvalue weighted by atomic mass is 79.9. The minimum atomic E-state index is 0.719. The fourth-order valence-electron chi connectivity index (χ4n) is 3.71. The molecule has 0 radical (unpaired) electrons. The molecule has 3 atom stereocenters. The molecule has 3 unspecified atom stereocenters. The first-order chi connectivity index (χ1) is 9.72. The van der Waals surface area contributed by atoms with E-state index >= 15 is 0 Å². The fraction of sp³-hybridized carbons (Fsp3) is 0.667. The molecule has 20 heavy (non-hydrogen) atoms. The predicted octanol–water partition coefficient (Wildman–Crippen LogP) is 5.19. The van der Waals surface area contributed by atoms with Gasteiger partial charge in [0.2, 0.25) is 0 Å². The van der Waals surface area contributed by atoms with E-state index in [1.807, 2.05) is 0 Å². The van der Waals surface area contributed by atoms with Gasteiger partial charge in [0.15, 0.2) is 0 Å². The molecule has 0 saturated heterocycles. The van der Waals surface area contributed by atoms with E-state index < -0.39 is 0 Å². The molecule has 1 aromatic rings. The molecular formula is C18H28BrN. The van der Waals surface area contributed by atoms with Gasteiger partial charge in [-0.15, -0.1) is 0 Å². The van der Waals surface area contributed by atoms with Gasteiger partial charge in [-0.3, -0.25) is 0 Å². The molecule has 1 N–H and O–H groups in total. The van der Waals surface area contributed by atoms with E-state index in [2.05, 4.69) is 59.4 Å². The molecule has 0 heterocycles. The molecule has 2 heteroatoms. The monoisotopic (exact) mass is 337 g/mol. The van der Waals surface area contributed by atoms with Crippen molar-refractivity contribution in [3.63, 3.8) is 0 Å². The highest BCUT2D eigenvalue weighted by molar-refractivity contribution is 9.10. The maximum Gasteiger partial charge on any atom is 0.0175 e. The Morgan fingerprint density at radius 3 is 2.55 bits per heavy atom. The molecule has 0 amide bonds. The van der Waals surface area contributed by atoms with Gasteiger partial charge in [-0.2, -0.15) is 0 Å². The molecule has 1 nitrogen and oxygen atoms in total. The summed E-state index contributed by atoms with van der Waals surface area (Å²) in [6, 6.07) is 9.61. The Balaban J connectivity index is 2.00. The van der Waals surface area contributed by atoms with Gasteiger partial charge < -0.3 is 5.32 Å². The van der Waals surface area contributed by atoms with E-state index in [1.165, 1.54) is 48.6 Å². The number of benzene rings is 1. The number of hydrogen-bond donors (Lipinski definition) is 1. The Morgan fingerprint density at radius 2 is 1.90 bits per heavy atom. The van der Waals surface area contributed by atoms with Crippen molar-refractivity contribution in [2.75, 3.05) is 6.54 Å². The van der Waals surface area contributed by atoms with Gasteiger partial charge in [-0.25, -0.2) is 0 Å². The molecule has 0 aliphatic heterocycles. The van der Waals surface area contributed by atoms with Crippen molar-refractivity contribution < 1.29 is 0 Å². The second kappa shape index (κ2) is 8.19. The summed E-state index contributed by atoms with van der Waals surface area (Å²) >= 11 is 3.53. The van der Waals surface area contributed by atoms with Crippen LogP contribution in [0.4, 0.5) is 0 Å². The van der Waals surface area contributed by atoms with Gasteiger partial charge in [0, 0.05) is 10.5 Å². The van der Waals surface area contributed by atoms with Crippen LogP contribution in [0.3, 0.4) is 0 Å². The number of rotatable bonds is 6. The molecule has 2 rings (SSSR count). The molecule has 1 aliphatic carbocycles. The third-order valence-corrected chi connectivity index (χ3v) is 5.19. The summed E-state index contributed by atoms with van der Waals surface area (Å²) in [4.78, 5) is 0. The average Bonchev–Trinajstić information content (AvgIpc) is 2.45. The standard InChI is InChI=1S/C18H28BrN/c1-3-5-14-8-11-18(20-4-2)16(12-14)13-15-6-9-17(19)10-7-15/h6-7,9-10,14,16,18,20H,3-5,8,11-13H2,1-2H3. The van der Waals surface area contributed by atoms with Crippen molar-refractivity contribution in [1.82, 2.24) is 5.32 Å². The molecule has 0 bridgehead atoms. The summed E-state index contributed by atoms with van der Waals surface area (Å²) in [6.07, 6.45) is 8.16. The third-order valence-electron chi connectivity index (χ3n) is 4.67. The van der Waals surface area contributed by atoms with Crippen LogP contribution in [0.5, 0.6) is 0 Å². The Labute approximate surface area is 132 Å². The van der Waals surface area contributed by atoms with E-state index in [4.69, 9.17) is 0 Å². The summed E-state index contributed by atoms with van der Waals surface area (Å²) in [7, 11) is 0. The van der Waals surface area contributed by atoms with Crippen molar-refractivity contribution in [2.24, 2.45) is 11.8 Å². The van der Waals surface area contributed by atoms with Crippen LogP contribution in [0.2, 0.25) is 0 Å². The van der Waals surface area contributed by atoms with Crippen molar-refractivity contribution in [3.05, 3.63) is 34.3 Å². The van der Waals surface area contributed by atoms with Crippen LogP contribution in [0.25, 0.3) is 0 Å². The van der Waals surface area contributed by atoms with Gasteiger partial charge in [-0.05, 0) is 61.8 Å². The highest BCUT2D eigenvalue weighted by Gasteiger charge is 2.29. The zero-order valence-electron chi connectivity index (χ0n) is 12.9. The van der Waals surface area contributed by atoms with E-state index in [1.54, 1.807) is 0 Å². The first-order valence-corrected chi connectivity index (χ1v) is 9.00. The Hall–Kier alpha value is -0.340. The topological polar surface area (TPSA) is 12.0 Å². The Morgan fingerprint density at radius 1 is 1.15 bits per heavy atom. The van der Waals surface area contributed by atoms with Crippen LogP contribution in [0.15, 0.2) is 28.7 Å². The molecule has 1 fully saturated rings. The van der Waals surface area contributed by atoms with Crippen molar-refractivity contribution >= 4 is 15.9 Å². The van der Waals surface area contributed by atoms with Crippen LogP contribution < -0.4 is 5.32 Å². The SMILES string of the molecule is CCCC1CCC(NCC)C(Cc2ccc(Br)cc2)C1. The van der Waals surface area contributed by atoms with E-state index in [0.717, 1.165) is 24.4 Å². The quantitative estimate of drug-likeness (QED) is 0.753. The summed E-state index contributed by atoms with van der Waals surface area (Å²) < 4.78 is 1.18. The van der Waals surface area contributed by atoms with Crippen LogP contribution in [-0.2, 0) is 6.42 Å². The summed E-state index contributed by atoms with van der Waals surface area (Å²) in [5.74, 6) is 1.76. The Bertz CT molecular complexity index is 387. The molecular weight excluding hydrogens is 310 g/mol. The van der Waals surface area contributed by atoms with Crippen molar-refractivity contribution in [3.8, 4) is 0 Å². The number of nitrogens with one attached hydrogen (secondary N) is 1. The van der Waals surface area contributed by atoms with E-state index in [9.17, 15) is 0 Å². The smallest absolute Gasteiger partial charge is 0.0175 e. The lowest BCUT2D eigenvalue weighted by atomic mass is 9.74. The predicted molar refractivity (Wildman–Crippen MR) is 91.0 cm³/mol. The molecule has 0 aromatic heterocycles. The largest absolute Gasteiger partial charge is 0.314 e. The zero-order chi connectivity index (χ0) is 14.4. The number of halogens is 1. The molecule has 0 spiro atoms. The minimum absolute atomic E-state index is 0.719. The number of hydrogen-bond acceptors (Lipinski definition) is 1. The molecule has 1 aliphatic rings. The van der Waals surface area contributed by atoms with Crippen LogP contribution >= 0.6 is 15.9 Å². The van der Waals surface area contributed by atoms with Crippen LogP contribution in [0.1, 0.15) is 51.5 Å². The fourth-order valence-corrected chi connectivity index (χ4v) is 3.98. The lowest BCUT2D eigenvalue weighted by Gasteiger charge is -2.37. The summed E-state index contributed by atoms with van der Waals surface area (Å²) in [5.41, 5.74) is 1.48.